The van der Waals surface area contributed by atoms with E-state index in [1.54, 1.807) is 12.4 Å². The molecule has 3 aromatic rings. The van der Waals surface area contributed by atoms with Crippen LogP contribution in [0.5, 0.6) is 0 Å². The molecule has 1 aliphatic heterocycles. The molecular weight excluding hydrogens is 326 g/mol. The van der Waals surface area contributed by atoms with Crippen LogP contribution in [0.15, 0.2) is 30.7 Å². The summed E-state index contributed by atoms with van der Waals surface area (Å²) in [4.78, 5) is 16.2. The van der Waals surface area contributed by atoms with Crippen LogP contribution in [0, 0.1) is 6.92 Å². The Bertz CT molecular complexity index is 946. The summed E-state index contributed by atoms with van der Waals surface area (Å²) in [6.45, 7) is 4.20. The van der Waals surface area contributed by atoms with Crippen molar-refractivity contribution in [2.24, 2.45) is 0 Å². The Morgan fingerprint density at radius 2 is 1.96 bits per heavy atom. The van der Waals surface area contributed by atoms with Crippen molar-refractivity contribution >= 4 is 5.82 Å². The molecule has 0 bridgehead atoms. The summed E-state index contributed by atoms with van der Waals surface area (Å²) in [5.41, 5.74) is 1.97. The maximum Gasteiger partial charge on any atom is 0.161 e. The fourth-order valence-electron chi connectivity index (χ4n) is 3.99. The van der Waals surface area contributed by atoms with Crippen LogP contribution >= 0.6 is 0 Å². The monoisotopic (exact) mass is 347 g/mol. The molecule has 132 valence electrons. The van der Waals surface area contributed by atoms with Gasteiger partial charge in [0.1, 0.15) is 11.5 Å². The van der Waals surface area contributed by atoms with Crippen molar-refractivity contribution in [1.29, 1.82) is 0 Å². The van der Waals surface area contributed by atoms with E-state index in [-0.39, 0.29) is 6.04 Å². The van der Waals surface area contributed by atoms with Gasteiger partial charge in [0.05, 0.1) is 12.2 Å². The molecule has 5 rings (SSSR count). The van der Waals surface area contributed by atoms with E-state index in [9.17, 15) is 0 Å². The van der Waals surface area contributed by atoms with E-state index in [4.69, 9.17) is 4.98 Å². The molecule has 1 atom stereocenters. The Morgan fingerprint density at radius 1 is 1.15 bits per heavy atom. The molecule has 3 aromatic heterocycles. The van der Waals surface area contributed by atoms with Gasteiger partial charge >= 0.3 is 0 Å². The van der Waals surface area contributed by atoms with Crippen molar-refractivity contribution in [1.82, 2.24) is 29.7 Å². The average Bonchev–Trinajstić information content (AvgIpc) is 3.02. The van der Waals surface area contributed by atoms with E-state index in [1.807, 2.05) is 25.3 Å². The first-order chi connectivity index (χ1) is 12.8. The zero-order valence-electron chi connectivity index (χ0n) is 15.0. The lowest BCUT2D eigenvalue weighted by atomic mass is 9.89. The fourth-order valence-corrected chi connectivity index (χ4v) is 3.99. The average molecular weight is 347 g/mol. The maximum atomic E-state index is 5.00. The van der Waals surface area contributed by atoms with Gasteiger partial charge in [-0.2, -0.15) is 0 Å². The molecule has 1 fully saturated rings. The smallest absolute Gasteiger partial charge is 0.161 e. The number of nitrogens with zero attached hydrogens (tertiary/aromatic N) is 7. The highest BCUT2D eigenvalue weighted by Gasteiger charge is 2.40. The lowest BCUT2D eigenvalue weighted by Crippen LogP contribution is -2.46. The lowest BCUT2D eigenvalue weighted by Gasteiger charge is -2.45. The number of hydrogen-bond acceptors (Lipinski definition) is 6. The molecule has 0 amide bonds. The van der Waals surface area contributed by atoms with Gasteiger partial charge in [0.2, 0.25) is 0 Å². The molecule has 4 heterocycles. The van der Waals surface area contributed by atoms with Gasteiger partial charge in [-0.05, 0) is 44.7 Å². The third-order valence-electron chi connectivity index (χ3n) is 5.51. The summed E-state index contributed by atoms with van der Waals surface area (Å²) in [6, 6.07) is 4.62. The molecule has 1 aliphatic carbocycles. The molecule has 7 heteroatoms. The van der Waals surface area contributed by atoms with Crippen molar-refractivity contribution in [3.63, 3.8) is 0 Å². The van der Waals surface area contributed by atoms with Gasteiger partial charge in [-0.3, -0.25) is 9.55 Å². The molecule has 0 saturated heterocycles. The number of hydrogen-bond donors (Lipinski definition) is 0. The van der Waals surface area contributed by atoms with Crippen molar-refractivity contribution < 1.29 is 0 Å². The second kappa shape index (κ2) is 5.86. The number of anilines is 1. The van der Waals surface area contributed by atoms with Crippen LogP contribution in [0.1, 0.15) is 50.3 Å². The van der Waals surface area contributed by atoms with Crippen LogP contribution in [0.4, 0.5) is 5.82 Å². The standard InChI is InChI=1S/C19H21N7/c1-3-15-19-24-23-12(2)25(19)16-11-21-17(13-7-9-20-10-8-13)22-18(16)26(15)14-5-4-6-14/h7-11,14-15H,3-6H2,1-2H3/t15-/m1/s1. The van der Waals surface area contributed by atoms with Crippen LogP contribution in [0.3, 0.4) is 0 Å². The SMILES string of the molecule is CC[C@@H]1c2nnc(C)n2-c2cnc(-c3ccncc3)nc2N1C1CCC1. The predicted octanol–water partition coefficient (Wildman–Crippen LogP) is 3.25. The number of fused-ring (bicyclic) bond motifs is 3. The first kappa shape index (κ1) is 15.4. The molecule has 26 heavy (non-hydrogen) atoms. The minimum Gasteiger partial charge on any atom is -0.342 e. The topological polar surface area (TPSA) is 72.6 Å². The second-order valence-electron chi connectivity index (χ2n) is 7.00. The minimum absolute atomic E-state index is 0.203. The normalized spacial score (nSPS) is 19.0. The van der Waals surface area contributed by atoms with E-state index in [1.165, 1.54) is 19.3 Å². The molecule has 0 N–H and O–H groups in total. The van der Waals surface area contributed by atoms with Crippen molar-refractivity contribution in [3.8, 4) is 17.1 Å². The van der Waals surface area contributed by atoms with Gasteiger partial charge in [-0.25, -0.2) is 9.97 Å². The molecule has 0 aromatic carbocycles. The highest BCUT2D eigenvalue weighted by atomic mass is 15.4. The molecule has 0 unspecified atom stereocenters. The van der Waals surface area contributed by atoms with Crippen LogP contribution in [0.2, 0.25) is 0 Å². The third kappa shape index (κ3) is 2.16. The van der Waals surface area contributed by atoms with E-state index in [2.05, 4.69) is 36.6 Å². The second-order valence-corrected chi connectivity index (χ2v) is 7.00. The first-order valence-electron chi connectivity index (χ1n) is 9.26. The van der Waals surface area contributed by atoms with Crippen LogP contribution in [-0.4, -0.2) is 35.8 Å². The van der Waals surface area contributed by atoms with Crippen LogP contribution in [-0.2, 0) is 0 Å². The van der Waals surface area contributed by atoms with Gasteiger partial charge in [0, 0.05) is 24.0 Å². The van der Waals surface area contributed by atoms with Crippen LogP contribution in [0.25, 0.3) is 17.1 Å². The van der Waals surface area contributed by atoms with Crippen molar-refractivity contribution in [3.05, 3.63) is 42.4 Å². The summed E-state index contributed by atoms with van der Waals surface area (Å²) in [6.07, 6.45) is 10.1. The van der Waals surface area contributed by atoms with Gasteiger partial charge in [0.25, 0.3) is 0 Å². The summed E-state index contributed by atoms with van der Waals surface area (Å²) >= 11 is 0. The number of pyridine rings is 1. The number of rotatable bonds is 3. The third-order valence-corrected chi connectivity index (χ3v) is 5.51. The summed E-state index contributed by atoms with van der Waals surface area (Å²) in [7, 11) is 0. The maximum absolute atomic E-state index is 5.00. The predicted molar refractivity (Wildman–Crippen MR) is 98.1 cm³/mol. The first-order valence-corrected chi connectivity index (χ1v) is 9.26. The molecule has 7 nitrogen and oxygen atoms in total. The Kier molecular flexibility index (Phi) is 3.48. The van der Waals surface area contributed by atoms with Crippen molar-refractivity contribution in [2.45, 2.75) is 51.6 Å². The number of aryl methyl sites for hydroxylation is 1. The zero-order chi connectivity index (χ0) is 17.7. The number of aromatic nitrogens is 6. The van der Waals surface area contributed by atoms with E-state index < -0.39 is 0 Å². The molecule has 2 aliphatic rings. The molecular formula is C19H21N7. The van der Waals surface area contributed by atoms with Gasteiger partial charge < -0.3 is 4.90 Å². The Labute approximate surface area is 152 Å². The molecule has 0 radical (unpaired) electrons. The largest absolute Gasteiger partial charge is 0.342 e. The highest BCUT2D eigenvalue weighted by molar-refractivity contribution is 5.66. The summed E-state index contributed by atoms with van der Waals surface area (Å²) in [5.74, 6) is 3.62. The summed E-state index contributed by atoms with van der Waals surface area (Å²) in [5, 5.41) is 8.82. The Morgan fingerprint density at radius 3 is 2.65 bits per heavy atom. The highest BCUT2D eigenvalue weighted by Crippen LogP contribution is 2.44. The Balaban J connectivity index is 1.72. The quantitative estimate of drug-likeness (QED) is 0.724. The van der Waals surface area contributed by atoms with E-state index in [0.29, 0.717) is 6.04 Å². The zero-order valence-corrected chi connectivity index (χ0v) is 15.0. The van der Waals surface area contributed by atoms with Gasteiger partial charge in [0.15, 0.2) is 17.5 Å². The van der Waals surface area contributed by atoms with Crippen molar-refractivity contribution in [2.75, 3.05) is 4.90 Å². The molecule has 1 saturated carbocycles. The van der Waals surface area contributed by atoms with E-state index in [0.717, 1.165) is 41.0 Å². The lowest BCUT2D eigenvalue weighted by molar-refractivity contribution is 0.341. The molecule has 0 spiro atoms. The van der Waals surface area contributed by atoms with Gasteiger partial charge in [-0.15, -0.1) is 10.2 Å². The Hall–Kier alpha value is -2.83. The fraction of sp³-hybridized carbons (Fsp3) is 0.421. The van der Waals surface area contributed by atoms with Crippen LogP contribution < -0.4 is 4.90 Å². The minimum atomic E-state index is 0.203. The van der Waals surface area contributed by atoms with Gasteiger partial charge in [-0.1, -0.05) is 6.92 Å². The summed E-state index contributed by atoms with van der Waals surface area (Å²) < 4.78 is 2.12. The van der Waals surface area contributed by atoms with E-state index >= 15 is 0 Å².